The van der Waals surface area contributed by atoms with Gasteiger partial charge >= 0.3 is 0 Å². The molecule has 2 heterocycles. The van der Waals surface area contributed by atoms with Crippen LogP contribution in [0.25, 0.3) is 0 Å². The number of hydrogen-bond donors (Lipinski definition) is 1. The molecular weight excluding hydrogens is 250 g/mol. The van der Waals surface area contributed by atoms with E-state index in [0.29, 0.717) is 11.5 Å². The van der Waals surface area contributed by atoms with Crippen LogP contribution in [0.1, 0.15) is 18.4 Å². The third-order valence-electron chi connectivity index (χ3n) is 3.34. The van der Waals surface area contributed by atoms with Crippen LogP contribution in [0, 0.1) is 11.3 Å². The third-order valence-corrected chi connectivity index (χ3v) is 3.34. The molecule has 0 unspecified atom stereocenters. The van der Waals surface area contributed by atoms with Gasteiger partial charge in [-0.3, -0.25) is 0 Å². The number of nitrogens with one attached hydrogen (secondary N) is 1. The van der Waals surface area contributed by atoms with E-state index in [4.69, 9.17) is 5.26 Å². The van der Waals surface area contributed by atoms with Crippen LogP contribution in [0.15, 0.2) is 36.5 Å². The van der Waals surface area contributed by atoms with Crippen molar-refractivity contribution in [1.82, 2.24) is 9.97 Å². The summed E-state index contributed by atoms with van der Waals surface area (Å²) in [5, 5.41) is 11.9. The minimum atomic E-state index is 0.583. The molecule has 0 amide bonds. The standard InChI is InChI=1S/C15H15N5/c16-11-12-3-5-13(6-4-12)18-15-17-8-7-14(19-15)20-9-1-2-10-20/h3-8H,1-2,9-10H2,(H,17,18,19). The first-order valence-corrected chi connectivity index (χ1v) is 6.70. The van der Waals surface area contributed by atoms with E-state index in [1.807, 2.05) is 18.2 Å². The van der Waals surface area contributed by atoms with Crippen molar-refractivity contribution in [2.75, 3.05) is 23.3 Å². The fraction of sp³-hybridized carbons (Fsp3) is 0.267. The highest BCUT2D eigenvalue weighted by Crippen LogP contribution is 2.20. The van der Waals surface area contributed by atoms with Gasteiger partial charge in [-0.2, -0.15) is 10.2 Å². The molecule has 5 heteroatoms. The maximum absolute atomic E-state index is 8.78. The predicted octanol–water partition coefficient (Wildman–Crippen LogP) is 2.69. The van der Waals surface area contributed by atoms with Crippen LogP contribution < -0.4 is 10.2 Å². The highest BCUT2D eigenvalue weighted by molar-refractivity contribution is 5.56. The lowest BCUT2D eigenvalue weighted by molar-refractivity contribution is 0.930. The molecule has 0 bridgehead atoms. The zero-order valence-electron chi connectivity index (χ0n) is 11.1. The molecule has 0 saturated carbocycles. The van der Waals surface area contributed by atoms with Crippen LogP contribution in [0.3, 0.4) is 0 Å². The van der Waals surface area contributed by atoms with Gasteiger partial charge in [-0.25, -0.2) is 4.98 Å². The summed E-state index contributed by atoms with van der Waals surface area (Å²) >= 11 is 0. The highest BCUT2D eigenvalue weighted by atomic mass is 15.2. The summed E-state index contributed by atoms with van der Waals surface area (Å²) in [7, 11) is 0. The van der Waals surface area contributed by atoms with Crippen LogP contribution in [0.2, 0.25) is 0 Å². The monoisotopic (exact) mass is 265 g/mol. The van der Waals surface area contributed by atoms with E-state index in [1.54, 1.807) is 18.3 Å². The van der Waals surface area contributed by atoms with E-state index < -0.39 is 0 Å². The van der Waals surface area contributed by atoms with Gasteiger partial charge in [-0.05, 0) is 43.2 Å². The van der Waals surface area contributed by atoms with Crippen molar-refractivity contribution in [2.24, 2.45) is 0 Å². The molecule has 1 N–H and O–H groups in total. The summed E-state index contributed by atoms with van der Waals surface area (Å²) in [5.74, 6) is 1.55. The Morgan fingerprint density at radius 1 is 1.10 bits per heavy atom. The Bertz CT molecular complexity index is 623. The number of aromatic nitrogens is 2. The lowest BCUT2D eigenvalue weighted by Crippen LogP contribution is -2.19. The number of anilines is 3. The summed E-state index contributed by atoms with van der Waals surface area (Å²) in [6.45, 7) is 2.13. The molecule has 0 atom stereocenters. The Morgan fingerprint density at radius 3 is 2.55 bits per heavy atom. The summed E-state index contributed by atoms with van der Waals surface area (Å²) in [6.07, 6.45) is 4.22. The molecule has 1 aliphatic heterocycles. The van der Waals surface area contributed by atoms with Crippen molar-refractivity contribution in [3.63, 3.8) is 0 Å². The Hall–Kier alpha value is -2.61. The third kappa shape index (κ3) is 2.69. The van der Waals surface area contributed by atoms with Crippen molar-refractivity contribution >= 4 is 17.5 Å². The second-order valence-electron chi connectivity index (χ2n) is 4.75. The molecule has 5 nitrogen and oxygen atoms in total. The second-order valence-corrected chi connectivity index (χ2v) is 4.75. The van der Waals surface area contributed by atoms with E-state index >= 15 is 0 Å². The normalized spacial score (nSPS) is 14.1. The van der Waals surface area contributed by atoms with E-state index in [1.165, 1.54) is 12.8 Å². The molecule has 0 spiro atoms. The molecule has 0 aliphatic carbocycles. The SMILES string of the molecule is N#Cc1ccc(Nc2nccc(N3CCCC3)n2)cc1. The summed E-state index contributed by atoms with van der Waals surface area (Å²) in [5.41, 5.74) is 1.52. The number of hydrogen-bond acceptors (Lipinski definition) is 5. The van der Waals surface area contributed by atoms with Gasteiger partial charge in [-0.1, -0.05) is 0 Å². The number of benzene rings is 1. The van der Waals surface area contributed by atoms with Gasteiger partial charge in [0, 0.05) is 25.0 Å². The van der Waals surface area contributed by atoms with Gasteiger partial charge in [0.25, 0.3) is 0 Å². The van der Waals surface area contributed by atoms with Gasteiger partial charge in [0.05, 0.1) is 11.6 Å². The Morgan fingerprint density at radius 2 is 1.85 bits per heavy atom. The molecule has 3 rings (SSSR count). The first kappa shape index (κ1) is 12.4. The van der Waals surface area contributed by atoms with E-state index in [9.17, 15) is 0 Å². The molecule has 1 saturated heterocycles. The average molecular weight is 265 g/mol. The first-order chi connectivity index (χ1) is 9.85. The molecule has 2 aromatic rings. The van der Waals surface area contributed by atoms with Crippen LogP contribution >= 0.6 is 0 Å². The van der Waals surface area contributed by atoms with Crippen molar-refractivity contribution in [3.05, 3.63) is 42.1 Å². The molecular formula is C15H15N5. The van der Waals surface area contributed by atoms with E-state index in [-0.39, 0.29) is 0 Å². The van der Waals surface area contributed by atoms with E-state index in [2.05, 4.69) is 26.3 Å². The summed E-state index contributed by atoms with van der Waals surface area (Å²) < 4.78 is 0. The number of nitriles is 1. The topological polar surface area (TPSA) is 64.8 Å². The fourth-order valence-electron chi connectivity index (χ4n) is 2.29. The summed E-state index contributed by atoms with van der Waals surface area (Å²) in [4.78, 5) is 11.0. The molecule has 1 aromatic heterocycles. The van der Waals surface area contributed by atoms with Crippen molar-refractivity contribution in [2.45, 2.75) is 12.8 Å². The molecule has 0 radical (unpaired) electrons. The average Bonchev–Trinajstić information content (AvgIpc) is 3.03. The van der Waals surface area contributed by atoms with Gasteiger partial charge < -0.3 is 10.2 Å². The summed E-state index contributed by atoms with van der Waals surface area (Å²) in [6, 6.07) is 11.3. The van der Waals surface area contributed by atoms with E-state index in [0.717, 1.165) is 24.6 Å². The van der Waals surface area contributed by atoms with Gasteiger partial charge in [0.2, 0.25) is 5.95 Å². The van der Waals surface area contributed by atoms with Gasteiger partial charge in [0.15, 0.2) is 0 Å². The number of rotatable bonds is 3. The van der Waals surface area contributed by atoms with Crippen LogP contribution in [0.5, 0.6) is 0 Å². The molecule has 1 aromatic carbocycles. The van der Waals surface area contributed by atoms with Crippen molar-refractivity contribution in [1.29, 1.82) is 5.26 Å². The Kier molecular flexibility index (Phi) is 3.46. The molecule has 1 fully saturated rings. The molecule has 100 valence electrons. The zero-order chi connectivity index (χ0) is 13.8. The molecule has 1 aliphatic rings. The second kappa shape index (κ2) is 5.57. The van der Waals surface area contributed by atoms with Crippen LogP contribution in [0.4, 0.5) is 17.5 Å². The lowest BCUT2D eigenvalue weighted by atomic mass is 10.2. The zero-order valence-corrected chi connectivity index (χ0v) is 11.1. The maximum Gasteiger partial charge on any atom is 0.229 e. The quantitative estimate of drug-likeness (QED) is 0.924. The number of nitrogens with zero attached hydrogens (tertiary/aromatic N) is 4. The van der Waals surface area contributed by atoms with Gasteiger partial charge in [-0.15, -0.1) is 0 Å². The first-order valence-electron chi connectivity index (χ1n) is 6.70. The fourth-order valence-corrected chi connectivity index (χ4v) is 2.29. The largest absolute Gasteiger partial charge is 0.356 e. The highest BCUT2D eigenvalue weighted by Gasteiger charge is 2.13. The maximum atomic E-state index is 8.78. The van der Waals surface area contributed by atoms with Crippen molar-refractivity contribution in [3.8, 4) is 6.07 Å². The minimum Gasteiger partial charge on any atom is -0.356 e. The van der Waals surface area contributed by atoms with Crippen LogP contribution in [-0.2, 0) is 0 Å². The minimum absolute atomic E-state index is 0.583. The lowest BCUT2D eigenvalue weighted by Gasteiger charge is -2.16. The Balaban J connectivity index is 1.76. The van der Waals surface area contributed by atoms with Crippen LogP contribution in [-0.4, -0.2) is 23.1 Å². The molecule has 20 heavy (non-hydrogen) atoms. The van der Waals surface area contributed by atoms with Gasteiger partial charge in [0.1, 0.15) is 5.82 Å². The van der Waals surface area contributed by atoms with Crippen molar-refractivity contribution < 1.29 is 0 Å². The predicted molar refractivity (Wildman–Crippen MR) is 77.9 cm³/mol. The smallest absolute Gasteiger partial charge is 0.229 e. The Labute approximate surface area is 117 Å².